The summed E-state index contributed by atoms with van der Waals surface area (Å²) in [6, 6.07) is 8.13. The third-order valence-corrected chi connectivity index (χ3v) is 3.53. The molecule has 16 heavy (non-hydrogen) atoms. The van der Waals surface area contributed by atoms with E-state index in [9.17, 15) is 5.11 Å². The van der Waals surface area contributed by atoms with Crippen molar-refractivity contribution in [2.45, 2.75) is 24.3 Å². The highest BCUT2D eigenvalue weighted by atomic mass is 32.2. The largest absolute Gasteiger partial charge is 0.388 e. The first-order chi connectivity index (χ1) is 7.65. The van der Waals surface area contributed by atoms with Crippen molar-refractivity contribution in [2.24, 2.45) is 0 Å². The molecule has 0 fully saturated rings. The van der Waals surface area contributed by atoms with Crippen molar-refractivity contribution in [3.8, 4) is 0 Å². The van der Waals surface area contributed by atoms with E-state index >= 15 is 0 Å². The van der Waals surface area contributed by atoms with E-state index < -0.39 is 0 Å². The minimum atomic E-state index is -0.331. The van der Waals surface area contributed by atoms with Gasteiger partial charge in [0, 0.05) is 17.2 Å². The average molecular weight is 239 g/mol. The van der Waals surface area contributed by atoms with Crippen molar-refractivity contribution >= 4 is 11.8 Å². The maximum Gasteiger partial charge on any atom is 0.0798 e. The summed E-state index contributed by atoms with van der Waals surface area (Å²) in [5.74, 6) is 1.06. The molecule has 2 nitrogen and oxygen atoms in total. The summed E-state index contributed by atoms with van der Waals surface area (Å²) >= 11 is 1.82. The lowest BCUT2D eigenvalue weighted by Gasteiger charge is -2.14. The van der Waals surface area contributed by atoms with E-state index in [0.717, 1.165) is 24.3 Å². The number of hydrogen-bond donors (Lipinski definition) is 1. The Bertz CT molecular complexity index is 315. The Morgan fingerprint density at radius 1 is 1.31 bits per heavy atom. The Morgan fingerprint density at radius 3 is 2.62 bits per heavy atom. The predicted octanol–water partition coefficient (Wildman–Crippen LogP) is 2.78. The highest BCUT2D eigenvalue weighted by Crippen LogP contribution is 2.28. The molecular formula is C13H21NOS. The molecule has 0 heterocycles. The monoisotopic (exact) mass is 239 g/mol. The van der Waals surface area contributed by atoms with Crippen LogP contribution in [0.1, 0.15) is 25.0 Å². The maximum absolute atomic E-state index is 9.89. The van der Waals surface area contributed by atoms with Gasteiger partial charge in [-0.05, 0) is 32.1 Å². The van der Waals surface area contributed by atoms with Crippen LogP contribution in [0.4, 0.5) is 0 Å². The fourth-order valence-corrected chi connectivity index (χ4v) is 2.67. The molecule has 0 spiro atoms. The lowest BCUT2D eigenvalue weighted by Crippen LogP contribution is -2.14. The van der Waals surface area contributed by atoms with Gasteiger partial charge in [-0.2, -0.15) is 0 Å². The van der Waals surface area contributed by atoms with Crippen LogP contribution in [0.2, 0.25) is 0 Å². The number of hydrogen-bond acceptors (Lipinski definition) is 3. The van der Waals surface area contributed by atoms with Crippen molar-refractivity contribution < 1.29 is 5.11 Å². The summed E-state index contributed by atoms with van der Waals surface area (Å²) in [6.07, 6.45) is 0.439. The second-order valence-corrected chi connectivity index (χ2v) is 5.25. The maximum atomic E-state index is 9.89. The molecule has 1 aromatic rings. The van der Waals surface area contributed by atoms with Gasteiger partial charge in [0.05, 0.1) is 6.10 Å². The minimum absolute atomic E-state index is 0.331. The van der Waals surface area contributed by atoms with Gasteiger partial charge in [0.15, 0.2) is 0 Å². The summed E-state index contributed by atoms with van der Waals surface area (Å²) in [7, 11) is 4.15. The third-order valence-electron chi connectivity index (χ3n) is 2.46. The van der Waals surface area contributed by atoms with Crippen LogP contribution in [0.15, 0.2) is 29.2 Å². The fourth-order valence-electron chi connectivity index (χ4n) is 1.45. The van der Waals surface area contributed by atoms with Crippen molar-refractivity contribution in [1.82, 2.24) is 4.90 Å². The molecule has 90 valence electrons. The summed E-state index contributed by atoms with van der Waals surface area (Å²) in [6.45, 7) is 3.06. The van der Waals surface area contributed by atoms with Crippen LogP contribution in [0, 0.1) is 0 Å². The van der Waals surface area contributed by atoms with Crippen molar-refractivity contribution in [3.05, 3.63) is 29.8 Å². The topological polar surface area (TPSA) is 23.5 Å². The molecular weight excluding hydrogens is 218 g/mol. The predicted molar refractivity (Wildman–Crippen MR) is 71.0 cm³/mol. The van der Waals surface area contributed by atoms with Crippen LogP contribution in [-0.4, -0.2) is 36.4 Å². The van der Waals surface area contributed by atoms with Gasteiger partial charge in [-0.1, -0.05) is 25.1 Å². The van der Waals surface area contributed by atoms with Gasteiger partial charge < -0.3 is 10.0 Å². The molecule has 0 unspecified atom stereocenters. The summed E-state index contributed by atoms with van der Waals surface area (Å²) in [4.78, 5) is 3.38. The first-order valence-electron chi connectivity index (χ1n) is 5.69. The molecule has 1 rings (SSSR count). The third kappa shape index (κ3) is 4.16. The van der Waals surface area contributed by atoms with Crippen LogP contribution < -0.4 is 0 Å². The highest BCUT2D eigenvalue weighted by molar-refractivity contribution is 7.99. The van der Waals surface area contributed by atoms with Gasteiger partial charge >= 0.3 is 0 Å². The minimum Gasteiger partial charge on any atom is -0.388 e. The average Bonchev–Trinajstić information content (AvgIpc) is 2.28. The molecule has 0 aromatic heterocycles. The Labute approximate surface area is 103 Å². The Balaban J connectivity index is 2.64. The number of thioether (sulfide) groups is 1. The van der Waals surface area contributed by atoms with Crippen molar-refractivity contribution in [3.63, 3.8) is 0 Å². The van der Waals surface area contributed by atoms with E-state index in [1.54, 1.807) is 0 Å². The highest BCUT2D eigenvalue weighted by Gasteiger charge is 2.09. The normalized spacial score (nSPS) is 13.1. The van der Waals surface area contributed by atoms with Gasteiger partial charge in [0.25, 0.3) is 0 Å². The first kappa shape index (κ1) is 13.6. The first-order valence-corrected chi connectivity index (χ1v) is 6.68. The van der Waals surface area contributed by atoms with Crippen molar-refractivity contribution in [2.75, 3.05) is 26.4 Å². The van der Waals surface area contributed by atoms with Gasteiger partial charge in [-0.25, -0.2) is 0 Å². The van der Waals surface area contributed by atoms with Crippen LogP contribution in [0.25, 0.3) is 0 Å². The number of nitrogens with zero attached hydrogens (tertiary/aromatic N) is 1. The molecule has 0 aliphatic heterocycles. The zero-order valence-electron chi connectivity index (χ0n) is 10.3. The quantitative estimate of drug-likeness (QED) is 0.772. The van der Waals surface area contributed by atoms with Crippen LogP contribution >= 0.6 is 11.8 Å². The van der Waals surface area contributed by atoms with Crippen LogP contribution in [0.3, 0.4) is 0 Å². The molecule has 0 aliphatic carbocycles. The van der Waals surface area contributed by atoms with E-state index in [0.29, 0.717) is 0 Å². The molecule has 0 saturated carbocycles. The zero-order chi connectivity index (χ0) is 12.0. The Morgan fingerprint density at radius 2 is 2.00 bits per heavy atom. The molecule has 0 aliphatic rings. The van der Waals surface area contributed by atoms with E-state index in [-0.39, 0.29) is 6.10 Å². The zero-order valence-corrected chi connectivity index (χ0v) is 11.1. The molecule has 1 atom stereocenters. The van der Waals surface area contributed by atoms with E-state index in [1.807, 2.05) is 36.9 Å². The number of aliphatic hydroxyl groups excluding tert-OH is 1. The SMILES string of the molecule is CC[C@H](O)c1ccccc1SCCN(C)C. The second kappa shape index (κ2) is 6.94. The van der Waals surface area contributed by atoms with Crippen LogP contribution in [-0.2, 0) is 0 Å². The molecule has 0 radical (unpaired) electrons. The molecule has 1 N–H and O–H groups in total. The summed E-state index contributed by atoms with van der Waals surface area (Å²) in [5.41, 5.74) is 1.06. The lowest BCUT2D eigenvalue weighted by atomic mass is 10.1. The number of benzene rings is 1. The van der Waals surface area contributed by atoms with E-state index in [2.05, 4.69) is 25.1 Å². The molecule has 0 saturated heterocycles. The fraction of sp³-hybridized carbons (Fsp3) is 0.538. The van der Waals surface area contributed by atoms with Gasteiger partial charge in [-0.3, -0.25) is 0 Å². The smallest absolute Gasteiger partial charge is 0.0798 e. The van der Waals surface area contributed by atoms with E-state index in [1.165, 1.54) is 4.90 Å². The number of aliphatic hydroxyl groups is 1. The van der Waals surface area contributed by atoms with Gasteiger partial charge in [0.1, 0.15) is 0 Å². The van der Waals surface area contributed by atoms with Gasteiger partial charge in [-0.15, -0.1) is 11.8 Å². The molecule has 0 bridgehead atoms. The van der Waals surface area contributed by atoms with Gasteiger partial charge in [0.2, 0.25) is 0 Å². The van der Waals surface area contributed by atoms with E-state index in [4.69, 9.17) is 0 Å². The molecule has 0 amide bonds. The summed E-state index contributed by atoms with van der Waals surface area (Å²) in [5, 5.41) is 9.89. The van der Waals surface area contributed by atoms with Crippen LogP contribution in [0.5, 0.6) is 0 Å². The lowest BCUT2D eigenvalue weighted by molar-refractivity contribution is 0.171. The number of rotatable bonds is 6. The Hall–Kier alpha value is -0.510. The standard InChI is InChI=1S/C13H21NOS/c1-4-12(15)11-7-5-6-8-13(11)16-10-9-14(2)3/h5-8,12,15H,4,9-10H2,1-3H3/t12-/m0/s1. The Kier molecular flexibility index (Phi) is 5.88. The second-order valence-electron chi connectivity index (χ2n) is 4.11. The molecule has 1 aromatic carbocycles. The van der Waals surface area contributed by atoms with Crippen molar-refractivity contribution in [1.29, 1.82) is 0 Å². The molecule has 3 heteroatoms. The summed E-state index contributed by atoms with van der Waals surface area (Å²) < 4.78 is 0.